The predicted octanol–water partition coefficient (Wildman–Crippen LogP) is 1.90. The molecule has 0 rings (SSSR count). The smallest absolute Gasteiger partial charge is 0.347 e. The Bertz CT molecular complexity index is 312. The van der Waals surface area contributed by atoms with Crippen molar-refractivity contribution in [3.8, 4) is 0 Å². The van der Waals surface area contributed by atoms with Gasteiger partial charge >= 0.3 is 17.9 Å². The number of hydrogen-bond donors (Lipinski definition) is 1. The Kier molecular flexibility index (Phi) is 8.57. The van der Waals surface area contributed by atoms with E-state index in [-0.39, 0.29) is 25.4 Å². The number of carbonyl (C=O) groups excluding carboxylic acids is 2. The van der Waals surface area contributed by atoms with Crippen molar-refractivity contribution < 1.29 is 29.0 Å². The molecule has 0 aliphatic heterocycles. The molecule has 0 aliphatic carbocycles. The normalized spacial score (nSPS) is 13.4. The minimum absolute atomic E-state index is 0.0739. The minimum Gasteiger partial charge on any atom is -0.481 e. The van der Waals surface area contributed by atoms with E-state index in [9.17, 15) is 14.4 Å². The van der Waals surface area contributed by atoms with Crippen LogP contribution in [0.15, 0.2) is 0 Å². The molecule has 110 valence electrons. The predicted molar refractivity (Wildman–Crippen MR) is 67.5 cm³/mol. The van der Waals surface area contributed by atoms with Crippen LogP contribution in [0.5, 0.6) is 0 Å². The lowest BCUT2D eigenvalue weighted by molar-refractivity contribution is -0.170. The van der Waals surface area contributed by atoms with Gasteiger partial charge in [0.1, 0.15) is 0 Å². The summed E-state index contributed by atoms with van der Waals surface area (Å²) >= 11 is 0. The summed E-state index contributed by atoms with van der Waals surface area (Å²) in [5, 5.41) is 8.54. The molecule has 2 atom stereocenters. The van der Waals surface area contributed by atoms with Crippen molar-refractivity contribution >= 4 is 17.9 Å². The van der Waals surface area contributed by atoms with Gasteiger partial charge in [0, 0.05) is 13.3 Å². The second-order valence-corrected chi connectivity index (χ2v) is 4.42. The molecule has 0 amide bonds. The van der Waals surface area contributed by atoms with Crippen LogP contribution in [-0.2, 0) is 23.9 Å². The Hall–Kier alpha value is -1.59. The van der Waals surface area contributed by atoms with E-state index in [1.54, 1.807) is 6.92 Å². The third kappa shape index (κ3) is 9.04. The van der Waals surface area contributed by atoms with Crippen molar-refractivity contribution in [1.29, 1.82) is 0 Å². The molecule has 0 saturated heterocycles. The summed E-state index contributed by atoms with van der Waals surface area (Å²) in [6.45, 7) is 4.94. The van der Waals surface area contributed by atoms with E-state index in [2.05, 4.69) is 0 Å². The largest absolute Gasteiger partial charge is 0.481 e. The molecule has 6 nitrogen and oxygen atoms in total. The summed E-state index contributed by atoms with van der Waals surface area (Å²) in [6, 6.07) is 0. The maximum atomic E-state index is 11.8. The highest BCUT2D eigenvalue weighted by Gasteiger charge is 2.24. The molecular formula is C13H22O6. The third-order valence-corrected chi connectivity index (χ3v) is 2.44. The Morgan fingerprint density at radius 2 is 1.79 bits per heavy atom. The van der Waals surface area contributed by atoms with Gasteiger partial charge in [-0.25, -0.2) is 4.79 Å². The van der Waals surface area contributed by atoms with E-state index in [0.29, 0.717) is 0 Å². The van der Waals surface area contributed by atoms with E-state index in [1.807, 2.05) is 6.92 Å². The van der Waals surface area contributed by atoms with Crippen LogP contribution in [0, 0.1) is 0 Å². The average molecular weight is 274 g/mol. The maximum absolute atomic E-state index is 11.8. The lowest BCUT2D eigenvalue weighted by atomic mass is 10.1. The van der Waals surface area contributed by atoms with Crippen LogP contribution in [0.1, 0.15) is 52.9 Å². The third-order valence-electron chi connectivity index (χ3n) is 2.44. The number of aliphatic carboxylic acids is 1. The van der Waals surface area contributed by atoms with Gasteiger partial charge < -0.3 is 14.6 Å². The quantitative estimate of drug-likeness (QED) is 0.646. The molecule has 0 fully saturated rings. The summed E-state index contributed by atoms with van der Waals surface area (Å²) in [4.78, 5) is 33.1. The topological polar surface area (TPSA) is 89.9 Å². The van der Waals surface area contributed by atoms with Crippen molar-refractivity contribution in [3.05, 3.63) is 0 Å². The first-order valence-electron chi connectivity index (χ1n) is 6.46. The van der Waals surface area contributed by atoms with E-state index in [4.69, 9.17) is 14.6 Å². The molecule has 0 saturated carbocycles. The van der Waals surface area contributed by atoms with Crippen molar-refractivity contribution in [2.24, 2.45) is 0 Å². The zero-order chi connectivity index (χ0) is 14.8. The molecule has 0 bridgehead atoms. The van der Waals surface area contributed by atoms with Crippen LogP contribution >= 0.6 is 0 Å². The fourth-order valence-electron chi connectivity index (χ4n) is 1.60. The average Bonchev–Trinajstić information content (AvgIpc) is 2.26. The summed E-state index contributed by atoms with van der Waals surface area (Å²) in [7, 11) is 0. The second-order valence-electron chi connectivity index (χ2n) is 4.42. The van der Waals surface area contributed by atoms with Crippen LogP contribution < -0.4 is 0 Å². The minimum atomic E-state index is -1.02. The fraction of sp³-hybridized carbons (Fsp3) is 0.769. The van der Waals surface area contributed by atoms with Gasteiger partial charge in [-0.05, 0) is 26.2 Å². The monoisotopic (exact) mass is 274 g/mol. The molecule has 2 unspecified atom stereocenters. The standard InChI is InChI=1S/C13H22O6/c1-4-6-9(2)18-13(17)11(19-10(3)14)7-5-8-12(15)16/h9,11H,4-8H2,1-3H3,(H,15,16). The highest BCUT2D eigenvalue weighted by Crippen LogP contribution is 2.11. The number of ether oxygens (including phenoxy) is 2. The van der Waals surface area contributed by atoms with E-state index in [0.717, 1.165) is 12.8 Å². The molecule has 0 aromatic rings. The summed E-state index contributed by atoms with van der Waals surface area (Å²) in [5.41, 5.74) is 0. The molecule has 0 radical (unpaired) electrons. The summed E-state index contributed by atoms with van der Waals surface area (Å²) in [5.74, 6) is -2.14. The fourth-order valence-corrected chi connectivity index (χ4v) is 1.60. The Morgan fingerprint density at radius 1 is 1.16 bits per heavy atom. The van der Waals surface area contributed by atoms with Gasteiger partial charge in [0.05, 0.1) is 6.10 Å². The van der Waals surface area contributed by atoms with Crippen LogP contribution in [0.3, 0.4) is 0 Å². The molecular weight excluding hydrogens is 252 g/mol. The number of esters is 2. The molecule has 0 aliphatic rings. The first kappa shape index (κ1) is 17.4. The van der Waals surface area contributed by atoms with E-state index in [1.165, 1.54) is 6.92 Å². The molecule has 0 heterocycles. The SMILES string of the molecule is CCCC(C)OC(=O)C(CCCC(=O)O)OC(C)=O. The van der Waals surface area contributed by atoms with E-state index < -0.39 is 24.0 Å². The zero-order valence-corrected chi connectivity index (χ0v) is 11.7. The number of hydrogen-bond acceptors (Lipinski definition) is 5. The lowest BCUT2D eigenvalue weighted by Gasteiger charge is -2.18. The van der Waals surface area contributed by atoms with E-state index >= 15 is 0 Å². The van der Waals surface area contributed by atoms with Crippen LogP contribution in [0.2, 0.25) is 0 Å². The van der Waals surface area contributed by atoms with Crippen LogP contribution in [0.4, 0.5) is 0 Å². The zero-order valence-electron chi connectivity index (χ0n) is 11.7. The summed E-state index contributed by atoms with van der Waals surface area (Å²) in [6.07, 6.45) is 0.689. The number of carboxylic acids is 1. The van der Waals surface area contributed by atoms with Crippen LogP contribution in [0.25, 0.3) is 0 Å². The second kappa shape index (κ2) is 9.35. The van der Waals surface area contributed by atoms with Gasteiger partial charge in [-0.15, -0.1) is 0 Å². The van der Waals surface area contributed by atoms with Crippen LogP contribution in [-0.4, -0.2) is 35.2 Å². The maximum Gasteiger partial charge on any atom is 0.347 e. The number of carbonyl (C=O) groups is 3. The lowest BCUT2D eigenvalue weighted by Crippen LogP contribution is -2.31. The molecule has 19 heavy (non-hydrogen) atoms. The Morgan fingerprint density at radius 3 is 2.26 bits per heavy atom. The molecule has 1 N–H and O–H groups in total. The Labute approximate surface area is 113 Å². The summed E-state index contributed by atoms with van der Waals surface area (Å²) < 4.78 is 10.0. The Balaban J connectivity index is 4.34. The van der Waals surface area contributed by atoms with Gasteiger partial charge in [-0.2, -0.15) is 0 Å². The molecule has 0 spiro atoms. The van der Waals surface area contributed by atoms with Gasteiger partial charge in [-0.3, -0.25) is 9.59 Å². The first-order chi connectivity index (χ1) is 8.86. The van der Waals surface area contributed by atoms with Gasteiger partial charge in [0.15, 0.2) is 6.10 Å². The molecule has 0 aromatic carbocycles. The van der Waals surface area contributed by atoms with Gasteiger partial charge in [-0.1, -0.05) is 13.3 Å². The number of carboxylic acid groups (broad SMARTS) is 1. The number of rotatable bonds is 9. The highest BCUT2D eigenvalue weighted by atomic mass is 16.6. The molecule has 0 aromatic heterocycles. The van der Waals surface area contributed by atoms with Crippen molar-refractivity contribution in [1.82, 2.24) is 0 Å². The van der Waals surface area contributed by atoms with Crippen molar-refractivity contribution in [3.63, 3.8) is 0 Å². The highest BCUT2D eigenvalue weighted by molar-refractivity contribution is 5.78. The van der Waals surface area contributed by atoms with Crippen molar-refractivity contribution in [2.45, 2.75) is 65.1 Å². The van der Waals surface area contributed by atoms with Gasteiger partial charge in [0.25, 0.3) is 0 Å². The molecule has 6 heteroatoms. The van der Waals surface area contributed by atoms with Gasteiger partial charge in [0.2, 0.25) is 0 Å². The van der Waals surface area contributed by atoms with Crippen molar-refractivity contribution in [2.75, 3.05) is 0 Å². The first-order valence-corrected chi connectivity index (χ1v) is 6.46.